The zero-order valence-electron chi connectivity index (χ0n) is 27.0. The second-order valence-corrected chi connectivity index (χ2v) is 15.6. The van der Waals surface area contributed by atoms with Gasteiger partial charge in [-0.2, -0.15) is 0 Å². The van der Waals surface area contributed by atoms with Crippen molar-refractivity contribution in [3.63, 3.8) is 0 Å². The minimum atomic E-state index is -0.756. The Morgan fingerprint density at radius 3 is 2.39 bits per heavy atom. The Hall–Kier alpha value is -1.40. The molecule has 6 heteroatoms. The van der Waals surface area contributed by atoms with Crippen LogP contribution in [0, 0.1) is 46.3 Å². The van der Waals surface area contributed by atoms with Gasteiger partial charge in [0.2, 0.25) is 0 Å². The van der Waals surface area contributed by atoms with Gasteiger partial charge in [0.25, 0.3) is 0 Å². The lowest BCUT2D eigenvalue weighted by Gasteiger charge is -2.59. The molecule has 0 spiro atoms. The van der Waals surface area contributed by atoms with Crippen LogP contribution in [-0.4, -0.2) is 42.6 Å². The summed E-state index contributed by atoms with van der Waals surface area (Å²) in [5.74, 6) is 2.41. The number of carbonyl (C=O) groups is 2. The molecule has 0 radical (unpaired) electrons. The molecule has 41 heavy (non-hydrogen) atoms. The molecule has 5 aliphatic rings. The van der Waals surface area contributed by atoms with Crippen LogP contribution in [-0.2, 0) is 28.5 Å². The Kier molecular flexibility index (Phi) is 8.78. The highest BCUT2D eigenvalue weighted by Gasteiger charge is 2.62. The first-order valence-electron chi connectivity index (χ1n) is 16.6. The van der Waals surface area contributed by atoms with Gasteiger partial charge in [0.1, 0.15) is 12.2 Å². The van der Waals surface area contributed by atoms with Gasteiger partial charge in [-0.1, -0.05) is 59.5 Å². The Morgan fingerprint density at radius 2 is 1.73 bits per heavy atom. The number of fused-ring (bicyclic) bond motifs is 5. The number of hydrogen-bond donors (Lipinski definition) is 0. The minimum absolute atomic E-state index is 0.0570. The molecule has 3 saturated carbocycles. The van der Waals surface area contributed by atoms with Crippen LogP contribution in [0.25, 0.3) is 0 Å². The molecule has 0 N–H and O–H groups in total. The molecule has 4 aliphatic carbocycles. The average molecular weight is 573 g/mol. The van der Waals surface area contributed by atoms with E-state index in [2.05, 4.69) is 40.7 Å². The standard InChI is InChI=1S/C35H56O6/c1-21(2)10-9-11-22(3)26-12-13-27-31-28(15-17-35(26,27)8)34(7)16-14-25(18-24(34)19-29(31)39-23(4)36)40-32(37)30-20-38-33(5,6)41-30/h19,21-22,25-31H,9-18,20H2,1-8H3/t22-,25+,26-,27+,28+,29+,30?,31+,34+,35-/m1/s1. The summed E-state index contributed by atoms with van der Waals surface area (Å²) in [7, 11) is 0. The summed E-state index contributed by atoms with van der Waals surface area (Å²) >= 11 is 0. The highest BCUT2D eigenvalue weighted by Crippen LogP contribution is 2.67. The first-order valence-corrected chi connectivity index (χ1v) is 16.6. The summed E-state index contributed by atoms with van der Waals surface area (Å²) in [4.78, 5) is 25.3. The molecule has 1 unspecified atom stereocenters. The number of carbonyl (C=O) groups excluding carboxylic acids is 2. The number of hydrogen-bond acceptors (Lipinski definition) is 6. The highest BCUT2D eigenvalue weighted by molar-refractivity contribution is 5.75. The predicted octanol–water partition coefficient (Wildman–Crippen LogP) is 7.63. The fourth-order valence-corrected chi connectivity index (χ4v) is 10.1. The zero-order chi connectivity index (χ0) is 29.7. The third-order valence-electron chi connectivity index (χ3n) is 12.1. The molecule has 10 atom stereocenters. The lowest BCUT2D eigenvalue weighted by Crippen LogP contribution is -2.55. The quantitative estimate of drug-likeness (QED) is 0.220. The smallest absolute Gasteiger partial charge is 0.338 e. The van der Waals surface area contributed by atoms with E-state index in [9.17, 15) is 9.59 Å². The van der Waals surface area contributed by atoms with Gasteiger partial charge >= 0.3 is 11.9 Å². The number of esters is 2. The van der Waals surface area contributed by atoms with E-state index in [4.69, 9.17) is 18.9 Å². The van der Waals surface area contributed by atoms with Crippen molar-refractivity contribution in [3.8, 4) is 0 Å². The maximum absolute atomic E-state index is 12.9. The summed E-state index contributed by atoms with van der Waals surface area (Å²) in [6.07, 6.45) is 12.8. The van der Waals surface area contributed by atoms with Crippen LogP contribution < -0.4 is 0 Å². The monoisotopic (exact) mass is 572 g/mol. The van der Waals surface area contributed by atoms with Crippen LogP contribution >= 0.6 is 0 Å². The van der Waals surface area contributed by atoms with Crippen molar-refractivity contribution >= 4 is 11.9 Å². The van der Waals surface area contributed by atoms with Crippen molar-refractivity contribution < 1.29 is 28.5 Å². The van der Waals surface area contributed by atoms with Gasteiger partial charge in [-0.3, -0.25) is 4.79 Å². The molecule has 0 aromatic rings. The van der Waals surface area contributed by atoms with Crippen LogP contribution in [0.3, 0.4) is 0 Å². The molecule has 0 aromatic carbocycles. The van der Waals surface area contributed by atoms with Gasteiger partial charge in [0.15, 0.2) is 11.9 Å². The summed E-state index contributed by atoms with van der Waals surface area (Å²) in [5, 5.41) is 0. The van der Waals surface area contributed by atoms with E-state index < -0.39 is 11.9 Å². The van der Waals surface area contributed by atoms with Crippen molar-refractivity contribution in [3.05, 3.63) is 11.6 Å². The maximum atomic E-state index is 12.9. The van der Waals surface area contributed by atoms with Crippen molar-refractivity contribution in [2.75, 3.05) is 6.61 Å². The average Bonchev–Trinajstić information content (AvgIpc) is 3.43. The van der Waals surface area contributed by atoms with E-state index in [1.807, 2.05) is 13.8 Å². The molecular weight excluding hydrogens is 516 g/mol. The molecule has 232 valence electrons. The first kappa shape index (κ1) is 31.0. The fraction of sp³-hybridized carbons (Fsp3) is 0.886. The fourth-order valence-electron chi connectivity index (χ4n) is 10.1. The third kappa shape index (κ3) is 6.03. The van der Waals surface area contributed by atoms with Crippen molar-refractivity contribution in [1.82, 2.24) is 0 Å². The Morgan fingerprint density at radius 1 is 0.976 bits per heavy atom. The molecule has 6 nitrogen and oxygen atoms in total. The normalized spacial score (nSPS) is 42.1. The van der Waals surface area contributed by atoms with Gasteiger partial charge in [0.05, 0.1) is 6.61 Å². The maximum Gasteiger partial charge on any atom is 0.338 e. The second-order valence-electron chi connectivity index (χ2n) is 15.6. The van der Waals surface area contributed by atoms with Gasteiger partial charge in [-0.05, 0) is 98.9 Å². The van der Waals surface area contributed by atoms with Gasteiger partial charge < -0.3 is 18.9 Å². The van der Waals surface area contributed by atoms with Crippen molar-refractivity contribution in [2.24, 2.45) is 46.3 Å². The molecular formula is C35H56O6. The molecule has 0 amide bonds. The highest BCUT2D eigenvalue weighted by atomic mass is 16.8. The van der Waals surface area contributed by atoms with E-state index in [1.54, 1.807) is 6.92 Å². The second kappa shape index (κ2) is 11.6. The summed E-state index contributed by atoms with van der Waals surface area (Å²) < 4.78 is 23.5. The van der Waals surface area contributed by atoms with Crippen LogP contribution in [0.5, 0.6) is 0 Å². The number of ether oxygens (including phenoxy) is 4. The van der Waals surface area contributed by atoms with E-state index in [0.29, 0.717) is 29.6 Å². The Bertz CT molecular complexity index is 1020. The first-order chi connectivity index (χ1) is 19.2. The number of rotatable bonds is 8. The summed E-state index contributed by atoms with van der Waals surface area (Å²) in [6, 6.07) is 0. The van der Waals surface area contributed by atoms with Gasteiger partial charge in [-0.25, -0.2) is 4.79 Å². The van der Waals surface area contributed by atoms with E-state index in [1.165, 1.54) is 50.5 Å². The summed E-state index contributed by atoms with van der Waals surface area (Å²) in [6.45, 7) is 17.6. The predicted molar refractivity (Wildman–Crippen MR) is 159 cm³/mol. The molecule has 1 aliphatic heterocycles. The van der Waals surface area contributed by atoms with E-state index in [-0.39, 0.29) is 36.2 Å². The van der Waals surface area contributed by atoms with E-state index >= 15 is 0 Å². The topological polar surface area (TPSA) is 71.1 Å². The zero-order valence-corrected chi connectivity index (χ0v) is 27.0. The van der Waals surface area contributed by atoms with Crippen molar-refractivity contribution in [1.29, 1.82) is 0 Å². The van der Waals surface area contributed by atoms with E-state index in [0.717, 1.165) is 30.6 Å². The van der Waals surface area contributed by atoms with Gasteiger partial charge in [0, 0.05) is 19.3 Å². The SMILES string of the molecule is CC(=O)O[C@H]1C=C2C[C@@H](OC(=O)C3COC(C)(C)O3)CC[C@]2(C)[C@H]2CC[C@]3(C)[C@@H]([C@H](C)CCCC(C)C)CC[C@H]3[C@H]12. The molecule has 1 saturated heterocycles. The minimum Gasteiger partial charge on any atom is -0.460 e. The lowest BCUT2D eigenvalue weighted by molar-refractivity contribution is -0.176. The van der Waals surface area contributed by atoms with Crippen LogP contribution in [0.15, 0.2) is 11.6 Å². The molecule has 0 aromatic heterocycles. The molecule has 0 bridgehead atoms. The molecule has 5 rings (SSSR count). The van der Waals surface area contributed by atoms with Crippen LogP contribution in [0.4, 0.5) is 0 Å². The Labute approximate surface area is 248 Å². The van der Waals surface area contributed by atoms with Crippen molar-refractivity contribution in [2.45, 2.75) is 144 Å². The van der Waals surface area contributed by atoms with Gasteiger partial charge in [-0.15, -0.1) is 0 Å². The van der Waals surface area contributed by atoms with Crippen LogP contribution in [0.2, 0.25) is 0 Å². The Balaban J connectivity index is 1.34. The largest absolute Gasteiger partial charge is 0.460 e. The van der Waals surface area contributed by atoms with Crippen LogP contribution in [0.1, 0.15) is 120 Å². The summed E-state index contributed by atoms with van der Waals surface area (Å²) in [5.41, 5.74) is 1.68. The third-order valence-corrected chi connectivity index (χ3v) is 12.1. The molecule has 4 fully saturated rings. The molecule has 1 heterocycles. The lowest BCUT2D eigenvalue weighted by atomic mass is 9.46.